The molecule has 1 fully saturated rings. The quantitative estimate of drug-likeness (QED) is 0.640. The number of rotatable bonds is 2. The molecule has 4 rings (SSSR count). The maximum atomic E-state index is 13.1. The van der Waals surface area contributed by atoms with Gasteiger partial charge in [-0.3, -0.25) is 9.59 Å². The van der Waals surface area contributed by atoms with E-state index in [1.807, 2.05) is 4.90 Å². The molecule has 3 heterocycles. The average Bonchev–Trinajstić information content (AvgIpc) is 2.75. The molecular weight excluding hydrogens is 399 g/mol. The number of amides is 1. The summed E-state index contributed by atoms with van der Waals surface area (Å²) >= 11 is 0. The summed E-state index contributed by atoms with van der Waals surface area (Å²) in [5.41, 5.74) is -0.873. The highest BCUT2D eigenvalue weighted by Gasteiger charge is 2.31. The van der Waals surface area contributed by atoms with E-state index in [9.17, 15) is 22.8 Å². The van der Waals surface area contributed by atoms with Crippen molar-refractivity contribution < 1.29 is 18.0 Å². The topological polar surface area (TPSA) is 71.3 Å². The number of aryl methyl sites for hydroxylation is 1. The third kappa shape index (κ3) is 3.60. The first-order valence-electron chi connectivity index (χ1n) is 9.29. The van der Waals surface area contributed by atoms with Crippen molar-refractivity contribution in [2.45, 2.75) is 6.18 Å². The van der Waals surface area contributed by atoms with Crippen LogP contribution in [0, 0.1) is 0 Å². The lowest BCUT2D eigenvalue weighted by atomic mass is 10.1. The van der Waals surface area contributed by atoms with E-state index in [4.69, 9.17) is 0 Å². The lowest BCUT2D eigenvalue weighted by molar-refractivity contribution is -0.137. The molecule has 7 nitrogen and oxygen atoms in total. The number of hydrogen-bond donors (Lipinski definition) is 0. The van der Waals surface area contributed by atoms with E-state index in [2.05, 4.69) is 10.1 Å². The SMILES string of the molecule is Cn1nc(C(=O)N2CCN(c3ccc(C(F)(F)F)cn3)CC2)c2ccccc2c1=O. The number of alkyl halides is 3. The van der Waals surface area contributed by atoms with E-state index in [0.717, 1.165) is 16.9 Å². The molecule has 0 spiro atoms. The van der Waals surface area contributed by atoms with Gasteiger partial charge in [0.05, 0.1) is 10.9 Å². The number of pyridine rings is 1. The van der Waals surface area contributed by atoms with Crippen LogP contribution in [0.1, 0.15) is 16.1 Å². The summed E-state index contributed by atoms with van der Waals surface area (Å²) in [5, 5.41) is 5.09. The second-order valence-electron chi connectivity index (χ2n) is 7.01. The molecule has 1 amide bonds. The molecule has 0 bridgehead atoms. The summed E-state index contributed by atoms with van der Waals surface area (Å²) in [4.78, 5) is 32.7. The lowest BCUT2D eigenvalue weighted by Crippen LogP contribution is -2.49. The van der Waals surface area contributed by atoms with Gasteiger partial charge in [-0.15, -0.1) is 0 Å². The first kappa shape index (κ1) is 19.9. The zero-order valence-corrected chi connectivity index (χ0v) is 16.1. The minimum absolute atomic E-state index is 0.203. The Morgan fingerprint density at radius 3 is 2.27 bits per heavy atom. The Hall–Kier alpha value is -3.43. The molecule has 3 aromatic rings. The van der Waals surface area contributed by atoms with Gasteiger partial charge in [0.15, 0.2) is 5.69 Å². The molecule has 0 aliphatic carbocycles. The molecule has 1 aromatic carbocycles. The largest absolute Gasteiger partial charge is 0.417 e. The highest BCUT2D eigenvalue weighted by atomic mass is 19.4. The van der Waals surface area contributed by atoms with Crippen molar-refractivity contribution in [3.8, 4) is 0 Å². The zero-order valence-electron chi connectivity index (χ0n) is 16.1. The standard InChI is InChI=1S/C20H18F3N5O2/c1-26-18(29)15-5-3-2-4-14(15)17(25-26)19(30)28-10-8-27(9-11-28)16-7-6-13(12-24-16)20(21,22)23/h2-7,12H,8-11H2,1H3. The molecule has 0 atom stereocenters. The molecule has 1 saturated heterocycles. The maximum Gasteiger partial charge on any atom is 0.417 e. The Labute approximate surface area is 169 Å². The van der Waals surface area contributed by atoms with Crippen LogP contribution in [-0.4, -0.2) is 51.8 Å². The number of aromatic nitrogens is 3. The van der Waals surface area contributed by atoms with E-state index in [1.54, 1.807) is 29.2 Å². The van der Waals surface area contributed by atoms with Gasteiger partial charge < -0.3 is 9.80 Å². The van der Waals surface area contributed by atoms with Gasteiger partial charge in [-0.2, -0.15) is 18.3 Å². The fraction of sp³-hybridized carbons (Fsp3) is 0.300. The average molecular weight is 417 g/mol. The fourth-order valence-corrected chi connectivity index (χ4v) is 3.49. The predicted molar refractivity (Wildman–Crippen MR) is 104 cm³/mol. The van der Waals surface area contributed by atoms with Crippen molar-refractivity contribution in [1.29, 1.82) is 0 Å². The Morgan fingerprint density at radius 2 is 1.67 bits per heavy atom. The van der Waals surface area contributed by atoms with Gasteiger partial charge in [0, 0.05) is 44.8 Å². The van der Waals surface area contributed by atoms with Gasteiger partial charge >= 0.3 is 6.18 Å². The van der Waals surface area contributed by atoms with E-state index >= 15 is 0 Å². The summed E-state index contributed by atoms with van der Waals surface area (Å²) in [6.45, 7) is 1.57. The van der Waals surface area contributed by atoms with E-state index in [-0.39, 0.29) is 17.2 Å². The monoisotopic (exact) mass is 417 g/mol. The van der Waals surface area contributed by atoms with Crippen molar-refractivity contribution in [2.75, 3.05) is 31.1 Å². The molecule has 0 radical (unpaired) electrons. The Bertz CT molecular complexity index is 1150. The summed E-state index contributed by atoms with van der Waals surface area (Å²) < 4.78 is 39.3. The molecule has 10 heteroatoms. The third-order valence-corrected chi connectivity index (χ3v) is 5.13. The Balaban J connectivity index is 1.51. The second-order valence-corrected chi connectivity index (χ2v) is 7.01. The van der Waals surface area contributed by atoms with Gasteiger partial charge in [-0.05, 0) is 18.2 Å². The lowest BCUT2D eigenvalue weighted by Gasteiger charge is -2.35. The van der Waals surface area contributed by atoms with Crippen LogP contribution in [0.25, 0.3) is 10.8 Å². The first-order chi connectivity index (χ1) is 14.3. The number of halogens is 3. The molecule has 0 saturated carbocycles. The van der Waals surface area contributed by atoms with E-state index < -0.39 is 11.7 Å². The molecule has 1 aliphatic heterocycles. The first-order valence-corrected chi connectivity index (χ1v) is 9.29. The van der Waals surface area contributed by atoms with Gasteiger partial charge in [0.1, 0.15) is 5.82 Å². The minimum atomic E-state index is -4.43. The van der Waals surface area contributed by atoms with Crippen LogP contribution in [0.4, 0.5) is 19.0 Å². The maximum absolute atomic E-state index is 13.1. The van der Waals surface area contributed by atoms with Crippen molar-refractivity contribution in [2.24, 2.45) is 7.05 Å². The molecule has 1 aliphatic rings. The van der Waals surface area contributed by atoms with Gasteiger partial charge in [0.25, 0.3) is 11.5 Å². The minimum Gasteiger partial charge on any atom is -0.353 e. The molecule has 30 heavy (non-hydrogen) atoms. The van der Waals surface area contributed by atoms with Crippen molar-refractivity contribution >= 4 is 22.5 Å². The zero-order chi connectivity index (χ0) is 21.5. The molecule has 2 aromatic heterocycles. The smallest absolute Gasteiger partial charge is 0.353 e. The van der Waals surface area contributed by atoms with Crippen LogP contribution in [0.3, 0.4) is 0 Å². The van der Waals surface area contributed by atoms with Crippen molar-refractivity contribution in [1.82, 2.24) is 19.7 Å². The number of carbonyl (C=O) groups is 1. The van der Waals surface area contributed by atoms with E-state index in [0.29, 0.717) is 42.8 Å². The Kier molecular flexibility index (Phi) is 4.92. The van der Waals surface area contributed by atoms with Crippen molar-refractivity contribution in [3.63, 3.8) is 0 Å². The molecular formula is C20H18F3N5O2. The second kappa shape index (κ2) is 7.43. The van der Waals surface area contributed by atoms with E-state index in [1.165, 1.54) is 13.1 Å². The summed E-state index contributed by atoms with van der Waals surface area (Å²) in [7, 11) is 1.50. The number of piperazine rings is 1. The Morgan fingerprint density at radius 1 is 1.00 bits per heavy atom. The van der Waals surface area contributed by atoms with Crippen LogP contribution in [0.2, 0.25) is 0 Å². The number of benzene rings is 1. The van der Waals surface area contributed by atoms with Crippen LogP contribution in [0.15, 0.2) is 47.4 Å². The summed E-state index contributed by atoms with van der Waals surface area (Å²) in [5.74, 6) is 0.141. The number of hydrogen-bond acceptors (Lipinski definition) is 5. The number of fused-ring (bicyclic) bond motifs is 1. The molecule has 0 unspecified atom stereocenters. The number of nitrogens with zero attached hydrogens (tertiary/aromatic N) is 5. The van der Waals surface area contributed by atoms with Crippen LogP contribution in [0.5, 0.6) is 0 Å². The summed E-state index contributed by atoms with van der Waals surface area (Å²) in [6, 6.07) is 9.16. The highest BCUT2D eigenvalue weighted by molar-refractivity contribution is 6.04. The summed E-state index contributed by atoms with van der Waals surface area (Å²) in [6.07, 6.45) is -3.62. The highest BCUT2D eigenvalue weighted by Crippen LogP contribution is 2.29. The normalized spacial score (nSPS) is 14.9. The van der Waals surface area contributed by atoms with Crippen molar-refractivity contribution in [3.05, 3.63) is 64.2 Å². The van der Waals surface area contributed by atoms with Crippen LogP contribution in [-0.2, 0) is 13.2 Å². The predicted octanol–water partition coefficient (Wildman–Crippen LogP) is 2.31. The molecule has 0 N–H and O–H groups in total. The number of anilines is 1. The van der Waals surface area contributed by atoms with Gasteiger partial charge in [-0.25, -0.2) is 9.67 Å². The molecule has 156 valence electrons. The van der Waals surface area contributed by atoms with Crippen LogP contribution >= 0.6 is 0 Å². The third-order valence-electron chi connectivity index (χ3n) is 5.13. The van der Waals surface area contributed by atoms with Gasteiger partial charge in [-0.1, -0.05) is 18.2 Å². The fourth-order valence-electron chi connectivity index (χ4n) is 3.49. The van der Waals surface area contributed by atoms with Crippen LogP contribution < -0.4 is 10.5 Å². The number of carbonyl (C=O) groups excluding carboxylic acids is 1. The van der Waals surface area contributed by atoms with Gasteiger partial charge in [0.2, 0.25) is 0 Å².